The number of rotatable bonds is 3. The van der Waals surface area contributed by atoms with Crippen molar-refractivity contribution in [2.45, 2.75) is 12.3 Å². The van der Waals surface area contributed by atoms with Crippen LogP contribution in [-0.2, 0) is 5.41 Å². The Morgan fingerprint density at radius 2 is 1.22 bits per heavy atom. The minimum atomic E-state index is -0.618. The lowest BCUT2D eigenvalue weighted by atomic mass is 9.71. The molecule has 116 valence electrons. The summed E-state index contributed by atoms with van der Waals surface area (Å²) in [5.74, 6) is 0.246. The van der Waals surface area contributed by atoms with Gasteiger partial charge in [0.15, 0.2) is 0 Å². The molecule has 3 rings (SSSR count). The van der Waals surface area contributed by atoms with Crippen LogP contribution in [-0.4, -0.2) is 15.3 Å². The fourth-order valence-corrected chi connectivity index (χ4v) is 2.99. The molecule has 0 aliphatic heterocycles. The van der Waals surface area contributed by atoms with Crippen molar-refractivity contribution in [2.24, 2.45) is 0 Å². The molecule has 0 bridgehead atoms. The van der Waals surface area contributed by atoms with Crippen LogP contribution in [0.25, 0.3) is 0 Å². The summed E-state index contributed by atoms with van der Waals surface area (Å²) in [4.78, 5) is 0. The van der Waals surface area contributed by atoms with Gasteiger partial charge in [0.2, 0.25) is 0 Å². The van der Waals surface area contributed by atoms with E-state index >= 15 is 0 Å². The van der Waals surface area contributed by atoms with Crippen molar-refractivity contribution in [1.29, 1.82) is 0 Å². The van der Waals surface area contributed by atoms with E-state index in [1.807, 2.05) is 49.4 Å². The van der Waals surface area contributed by atoms with Crippen molar-refractivity contribution in [3.63, 3.8) is 0 Å². The average Bonchev–Trinajstić information content (AvgIpc) is 2.55. The quantitative estimate of drug-likeness (QED) is 0.637. The highest BCUT2D eigenvalue weighted by Crippen LogP contribution is 2.43. The molecule has 0 aliphatic carbocycles. The van der Waals surface area contributed by atoms with E-state index in [-0.39, 0.29) is 17.2 Å². The van der Waals surface area contributed by atoms with E-state index in [1.165, 1.54) is 6.07 Å². The monoisotopic (exact) mass is 306 g/mol. The van der Waals surface area contributed by atoms with Crippen LogP contribution in [0, 0.1) is 0 Å². The molecular formula is C20H18O3. The minimum Gasteiger partial charge on any atom is -0.508 e. The zero-order chi connectivity index (χ0) is 16.4. The Kier molecular flexibility index (Phi) is 3.70. The first-order valence-corrected chi connectivity index (χ1v) is 7.39. The fraction of sp³-hybridized carbons (Fsp3) is 0.100. The second kappa shape index (κ2) is 5.69. The molecular weight excluding hydrogens is 288 g/mol. The van der Waals surface area contributed by atoms with Crippen LogP contribution in [0.5, 0.6) is 17.2 Å². The summed E-state index contributed by atoms with van der Waals surface area (Å²) in [5, 5.41) is 29.6. The lowest BCUT2D eigenvalue weighted by molar-refractivity contribution is 0.439. The van der Waals surface area contributed by atoms with Gasteiger partial charge in [-0.3, -0.25) is 0 Å². The van der Waals surface area contributed by atoms with E-state index in [0.29, 0.717) is 5.56 Å². The zero-order valence-electron chi connectivity index (χ0n) is 12.8. The summed E-state index contributed by atoms with van der Waals surface area (Å²) in [6.45, 7) is 2.01. The van der Waals surface area contributed by atoms with Crippen LogP contribution in [0.15, 0.2) is 72.8 Å². The maximum atomic E-state index is 10.4. The number of phenols is 3. The number of benzene rings is 3. The van der Waals surface area contributed by atoms with Crippen LogP contribution in [0.1, 0.15) is 23.6 Å². The van der Waals surface area contributed by atoms with Gasteiger partial charge in [-0.2, -0.15) is 0 Å². The highest BCUT2D eigenvalue weighted by Gasteiger charge is 2.33. The van der Waals surface area contributed by atoms with Crippen LogP contribution >= 0.6 is 0 Å². The maximum absolute atomic E-state index is 10.4. The Labute approximate surface area is 135 Å². The summed E-state index contributed by atoms with van der Waals surface area (Å²) in [5.41, 5.74) is 2.01. The molecule has 0 heterocycles. The molecule has 0 fully saturated rings. The number of hydrogen-bond acceptors (Lipinski definition) is 3. The predicted molar refractivity (Wildman–Crippen MR) is 89.9 cm³/mol. The molecule has 0 saturated heterocycles. The van der Waals surface area contributed by atoms with Crippen LogP contribution < -0.4 is 0 Å². The highest BCUT2D eigenvalue weighted by atomic mass is 16.3. The topological polar surface area (TPSA) is 60.7 Å². The first kappa shape index (κ1) is 15.0. The van der Waals surface area contributed by atoms with E-state index in [9.17, 15) is 15.3 Å². The third kappa shape index (κ3) is 2.61. The normalized spacial score (nSPS) is 13.4. The Balaban J connectivity index is 2.28. The van der Waals surface area contributed by atoms with Crippen molar-refractivity contribution in [2.75, 3.05) is 0 Å². The van der Waals surface area contributed by atoms with Gasteiger partial charge >= 0.3 is 0 Å². The number of hydrogen-bond donors (Lipinski definition) is 3. The highest BCUT2D eigenvalue weighted by molar-refractivity contribution is 5.56. The van der Waals surface area contributed by atoms with Gasteiger partial charge in [-0.1, -0.05) is 48.5 Å². The van der Waals surface area contributed by atoms with Gasteiger partial charge in [0, 0.05) is 17.0 Å². The Morgan fingerprint density at radius 3 is 1.83 bits per heavy atom. The lowest BCUT2D eigenvalue weighted by Gasteiger charge is -2.32. The molecule has 0 saturated carbocycles. The largest absolute Gasteiger partial charge is 0.508 e. The standard InChI is InChI=1S/C20H18O3/c1-20(14-5-3-2-4-6-14,15-7-9-16(21)10-8-15)18-12-11-17(22)13-19(18)23/h2-13,21-23H,1H3. The number of phenolic OH excluding ortho intramolecular Hbond substituents is 3. The summed E-state index contributed by atoms with van der Waals surface area (Å²) in [7, 11) is 0. The van der Waals surface area contributed by atoms with Crippen molar-refractivity contribution in [3.05, 3.63) is 89.5 Å². The van der Waals surface area contributed by atoms with Crippen molar-refractivity contribution in [3.8, 4) is 17.2 Å². The van der Waals surface area contributed by atoms with Crippen molar-refractivity contribution < 1.29 is 15.3 Å². The van der Waals surface area contributed by atoms with Gasteiger partial charge in [0.1, 0.15) is 17.2 Å². The molecule has 3 nitrogen and oxygen atoms in total. The summed E-state index contributed by atoms with van der Waals surface area (Å²) >= 11 is 0. The zero-order valence-corrected chi connectivity index (χ0v) is 12.8. The summed E-state index contributed by atoms with van der Waals surface area (Å²) in [6.07, 6.45) is 0. The SMILES string of the molecule is CC(c1ccccc1)(c1ccc(O)cc1)c1ccc(O)cc1O. The predicted octanol–water partition coefficient (Wildman–Crippen LogP) is 4.16. The van der Waals surface area contributed by atoms with E-state index in [2.05, 4.69) is 0 Å². The molecule has 23 heavy (non-hydrogen) atoms. The second-order valence-electron chi connectivity index (χ2n) is 5.74. The van der Waals surface area contributed by atoms with Gasteiger partial charge in [-0.25, -0.2) is 0 Å². The van der Waals surface area contributed by atoms with Gasteiger partial charge in [-0.15, -0.1) is 0 Å². The van der Waals surface area contributed by atoms with E-state index in [4.69, 9.17) is 0 Å². The minimum absolute atomic E-state index is 0.0207. The van der Waals surface area contributed by atoms with Gasteiger partial charge < -0.3 is 15.3 Å². The first-order valence-electron chi connectivity index (χ1n) is 7.39. The maximum Gasteiger partial charge on any atom is 0.123 e. The summed E-state index contributed by atoms with van der Waals surface area (Å²) in [6, 6.07) is 21.4. The lowest BCUT2D eigenvalue weighted by Crippen LogP contribution is -2.25. The fourth-order valence-electron chi connectivity index (χ4n) is 2.99. The van der Waals surface area contributed by atoms with Gasteiger partial charge in [0.25, 0.3) is 0 Å². The molecule has 3 N–H and O–H groups in total. The molecule has 3 aromatic carbocycles. The Bertz CT molecular complexity index is 810. The smallest absolute Gasteiger partial charge is 0.123 e. The number of aromatic hydroxyl groups is 3. The third-order valence-corrected chi connectivity index (χ3v) is 4.32. The molecule has 0 radical (unpaired) electrons. The van der Waals surface area contributed by atoms with Crippen molar-refractivity contribution in [1.82, 2.24) is 0 Å². The molecule has 0 amide bonds. The molecule has 0 aliphatic rings. The van der Waals surface area contributed by atoms with Gasteiger partial charge in [-0.05, 0) is 36.2 Å². The second-order valence-corrected chi connectivity index (χ2v) is 5.74. The molecule has 0 spiro atoms. The first-order chi connectivity index (χ1) is 11.0. The van der Waals surface area contributed by atoms with E-state index in [0.717, 1.165) is 11.1 Å². The summed E-state index contributed by atoms with van der Waals surface area (Å²) < 4.78 is 0. The van der Waals surface area contributed by atoms with Crippen LogP contribution in [0.2, 0.25) is 0 Å². The molecule has 3 aromatic rings. The van der Waals surface area contributed by atoms with E-state index < -0.39 is 5.41 Å². The molecule has 1 atom stereocenters. The average molecular weight is 306 g/mol. The molecule has 0 aromatic heterocycles. The van der Waals surface area contributed by atoms with Crippen molar-refractivity contribution >= 4 is 0 Å². The molecule has 1 unspecified atom stereocenters. The molecule has 3 heteroatoms. The third-order valence-electron chi connectivity index (χ3n) is 4.32. The Morgan fingerprint density at radius 1 is 0.652 bits per heavy atom. The van der Waals surface area contributed by atoms with Gasteiger partial charge in [0.05, 0.1) is 0 Å². The van der Waals surface area contributed by atoms with Crippen LogP contribution in [0.3, 0.4) is 0 Å². The van der Waals surface area contributed by atoms with E-state index in [1.54, 1.807) is 24.3 Å². The Hall–Kier alpha value is -2.94. The van der Waals surface area contributed by atoms with Crippen LogP contribution in [0.4, 0.5) is 0 Å².